The summed E-state index contributed by atoms with van der Waals surface area (Å²) in [6.45, 7) is 11.0. The van der Waals surface area contributed by atoms with Gasteiger partial charge in [0.2, 0.25) is 10.0 Å². The van der Waals surface area contributed by atoms with Gasteiger partial charge in [0, 0.05) is 36.2 Å². The molecule has 0 aliphatic carbocycles. The molecule has 2 aromatic rings. The second kappa shape index (κ2) is 8.32. The van der Waals surface area contributed by atoms with Crippen molar-refractivity contribution in [2.45, 2.75) is 64.8 Å². The smallest absolute Gasteiger partial charge is 0.257 e. The molecule has 1 saturated heterocycles. The number of amides is 1. The van der Waals surface area contributed by atoms with Crippen LogP contribution >= 0.6 is 0 Å². The number of hydrogen-bond acceptors (Lipinski definition) is 3. The molecule has 1 fully saturated rings. The van der Waals surface area contributed by atoms with Crippen molar-refractivity contribution in [3.05, 3.63) is 46.8 Å². The maximum absolute atomic E-state index is 13.1. The van der Waals surface area contributed by atoms with Crippen LogP contribution in [0, 0.1) is 20.8 Å². The highest BCUT2D eigenvalue weighted by Gasteiger charge is 2.28. The molecule has 3 rings (SSSR count). The Hall–Kier alpha value is -2.12. The van der Waals surface area contributed by atoms with Gasteiger partial charge in [0.25, 0.3) is 5.91 Å². The zero-order chi connectivity index (χ0) is 21.3. The number of nitrogens with one attached hydrogen (secondary N) is 1. The van der Waals surface area contributed by atoms with Crippen molar-refractivity contribution < 1.29 is 13.2 Å². The molecule has 2 heterocycles. The van der Waals surface area contributed by atoms with E-state index < -0.39 is 10.0 Å². The maximum Gasteiger partial charge on any atom is 0.257 e. The quantitative estimate of drug-likeness (QED) is 0.783. The van der Waals surface area contributed by atoms with Gasteiger partial charge >= 0.3 is 0 Å². The number of carbonyl (C=O) groups is 1. The zero-order valence-corrected chi connectivity index (χ0v) is 18.8. The molecular formula is C22H31N3O3S. The number of nitrogens with zero attached hydrogens (tertiary/aromatic N) is 2. The van der Waals surface area contributed by atoms with Gasteiger partial charge in [-0.1, -0.05) is 12.5 Å². The predicted octanol–water partition coefficient (Wildman–Crippen LogP) is 4.42. The van der Waals surface area contributed by atoms with Crippen LogP contribution < -0.4 is 5.32 Å². The van der Waals surface area contributed by atoms with Crippen molar-refractivity contribution in [2.75, 3.05) is 18.4 Å². The van der Waals surface area contributed by atoms with E-state index in [1.807, 2.05) is 19.9 Å². The lowest BCUT2D eigenvalue weighted by Crippen LogP contribution is -2.36. The Bertz CT molecular complexity index is 1020. The normalized spacial score (nSPS) is 15.7. The van der Waals surface area contributed by atoms with E-state index in [1.165, 1.54) is 0 Å². The predicted molar refractivity (Wildman–Crippen MR) is 116 cm³/mol. The zero-order valence-electron chi connectivity index (χ0n) is 17.9. The first kappa shape index (κ1) is 21.6. The summed E-state index contributed by atoms with van der Waals surface area (Å²) in [4.78, 5) is 13.2. The number of benzene rings is 1. The molecule has 1 aromatic carbocycles. The van der Waals surface area contributed by atoms with E-state index in [9.17, 15) is 13.2 Å². The van der Waals surface area contributed by atoms with Crippen LogP contribution in [0.5, 0.6) is 0 Å². The fourth-order valence-electron chi connectivity index (χ4n) is 4.20. The molecule has 0 unspecified atom stereocenters. The fraction of sp³-hybridized carbons (Fsp3) is 0.500. The Morgan fingerprint density at radius 2 is 1.69 bits per heavy atom. The second-order valence-corrected chi connectivity index (χ2v) is 10.1. The summed E-state index contributed by atoms with van der Waals surface area (Å²) in [6, 6.07) is 7.23. The van der Waals surface area contributed by atoms with E-state index in [4.69, 9.17) is 0 Å². The van der Waals surface area contributed by atoms with Crippen LogP contribution in [0.4, 0.5) is 5.69 Å². The molecule has 1 N–H and O–H groups in total. The molecule has 1 amide bonds. The number of anilines is 1. The Morgan fingerprint density at radius 3 is 2.28 bits per heavy atom. The van der Waals surface area contributed by atoms with E-state index >= 15 is 0 Å². The van der Waals surface area contributed by atoms with Crippen LogP contribution in [0.3, 0.4) is 0 Å². The minimum Gasteiger partial charge on any atom is -0.346 e. The van der Waals surface area contributed by atoms with Crippen LogP contribution in [0.2, 0.25) is 0 Å². The van der Waals surface area contributed by atoms with Crippen molar-refractivity contribution in [3.8, 4) is 0 Å². The van der Waals surface area contributed by atoms with Crippen molar-refractivity contribution in [3.63, 3.8) is 0 Å². The molecule has 1 aliphatic heterocycles. The van der Waals surface area contributed by atoms with Gasteiger partial charge in [0.1, 0.15) is 0 Å². The summed E-state index contributed by atoms with van der Waals surface area (Å²) in [5.41, 5.74) is 3.72. The number of aromatic nitrogens is 1. The number of rotatable bonds is 5. The van der Waals surface area contributed by atoms with E-state index in [2.05, 4.69) is 23.7 Å². The highest BCUT2D eigenvalue weighted by atomic mass is 32.2. The average Bonchev–Trinajstić information content (AvgIpc) is 2.98. The highest BCUT2D eigenvalue weighted by molar-refractivity contribution is 7.89. The van der Waals surface area contributed by atoms with Gasteiger partial charge in [0.05, 0.1) is 10.5 Å². The molecule has 29 heavy (non-hydrogen) atoms. The Kier molecular flexibility index (Phi) is 6.19. The van der Waals surface area contributed by atoms with Crippen LogP contribution in [-0.4, -0.2) is 36.3 Å². The van der Waals surface area contributed by atoms with Gasteiger partial charge in [-0.15, -0.1) is 0 Å². The molecule has 6 nitrogen and oxygen atoms in total. The molecule has 158 valence electrons. The van der Waals surface area contributed by atoms with E-state index in [1.54, 1.807) is 29.4 Å². The van der Waals surface area contributed by atoms with Gasteiger partial charge < -0.3 is 9.88 Å². The first-order valence-corrected chi connectivity index (χ1v) is 11.7. The summed E-state index contributed by atoms with van der Waals surface area (Å²) in [6.07, 6.45) is 2.84. The number of hydrogen-bond donors (Lipinski definition) is 1. The minimum absolute atomic E-state index is 0.227. The third-order valence-corrected chi connectivity index (χ3v) is 7.66. The summed E-state index contributed by atoms with van der Waals surface area (Å²) < 4.78 is 29.9. The monoisotopic (exact) mass is 417 g/mol. The molecular weight excluding hydrogens is 386 g/mol. The number of aryl methyl sites for hydroxylation is 2. The van der Waals surface area contributed by atoms with Crippen LogP contribution in [0.1, 0.15) is 66.5 Å². The van der Waals surface area contributed by atoms with Crippen molar-refractivity contribution in [1.82, 2.24) is 8.87 Å². The fourth-order valence-corrected chi connectivity index (χ4v) is 5.97. The van der Waals surface area contributed by atoms with E-state index in [0.717, 1.165) is 30.7 Å². The van der Waals surface area contributed by atoms with E-state index in [-0.39, 0.29) is 16.8 Å². The van der Waals surface area contributed by atoms with Gasteiger partial charge in [0.15, 0.2) is 0 Å². The first-order valence-electron chi connectivity index (χ1n) is 10.2. The van der Waals surface area contributed by atoms with Crippen molar-refractivity contribution in [1.29, 1.82) is 0 Å². The molecule has 0 atom stereocenters. The van der Waals surface area contributed by atoms with Gasteiger partial charge in [-0.25, -0.2) is 8.42 Å². The molecule has 1 aromatic heterocycles. The molecule has 0 radical (unpaired) electrons. The van der Waals surface area contributed by atoms with Crippen LogP contribution in [-0.2, 0) is 10.0 Å². The topological polar surface area (TPSA) is 71.4 Å². The lowest BCUT2D eigenvalue weighted by molar-refractivity contribution is 0.102. The van der Waals surface area contributed by atoms with Gasteiger partial charge in [-0.05, 0) is 71.2 Å². The maximum atomic E-state index is 13.1. The van der Waals surface area contributed by atoms with Crippen molar-refractivity contribution in [2.24, 2.45) is 0 Å². The summed E-state index contributed by atoms with van der Waals surface area (Å²) in [5.74, 6) is -0.227. The van der Waals surface area contributed by atoms with Crippen LogP contribution in [0.25, 0.3) is 0 Å². The SMILES string of the molecule is Cc1ccc(NC(=O)c2cc(C)n(C(C)C)c2C)cc1S(=O)(=O)N1CCCCC1. The average molecular weight is 418 g/mol. The van der Waals surface area contributed by atoms with Gasteiger partial charge in [-0.3, -0.25) is 4.79 Å². The third kappa shape index (κ3) is 4.26. The molecule has 0 saturated carbocycles. The standard InChI is InChI=1S/C22H31N3O3S/c1-15(2)25-17(4)13-20(18(25)5)22(26)23-19-10-9-16(3)21(14-19)29(27,28)24-11-7-6-8-12-24/h9-10,13-15H,6-8,11-12H2,1-5H3,(H,23,26). The Labute approximate surface area is 174 Å². The highest BCUT2D eigenvalue weighted by Crippen LogP contribution is 2.27. The first-order chi connectivity index (χ1) is 13.6. The summed E-state index contributed by atoms with van der Waals surface area (Å²) in [7, 11) is -3.56. The van der Waals surface area contributed by atoms with E-state index in [0.29, 0.717) is 29.9 Å². The number of piperidine rings is 1. The number of carbonyl (C=O) groups excluding carboxylic acids is 1. The lowest BCUT2D eigenvalue weighted by Gasteiger charge is -2.26. The van der Waals surface area contributed by atoms with Crippen molar-refractivity contribution >= 4 is 21.6 Å². The van der Waals surface area contributed by atoms with Gasteiger partial charge in [-0.2, -0.15) is 4.31 Å². The largest absolute Gasteiger partial charge is 0.346 e. The Morgan fingerprint density at radius 1 is 1.03 bits per heavy atom. The summed E-state index contributed by atoms with van der Waals surface area (Å²) in [5, 5.41) is 2.89. The number of sulfonamides is 1. The third-order valence-electron chi connectivity index (χ3n) is 5.62. The summed E-state index contributed by atoms with van der Waals surface area (Å²) >= 11 is 0. The van der Waals surface area contributed by atoms with Crippen LogP contribution in [0.15, 0.2) is 29.2 Å². The lowest BCUT2D eigenvalue weighted by atomic mass is 10.2. The minimum atomic E-state index is -3.56. The second-order valence-electron chi connectivity index (χ2n) is 8.15. The molecule has 0 spiro atoms. The molecule has 0 bridgehead atoms. The molecule has 1 aliphatic rings. The Balaban J connectivity index is 1.89. The molecule has 7 heteroatoms.